The highest BCUT2D eigenvalue weighted by molar-refractivity contribution is 7.99. The number of carboxylic acid groups (broad SMARTS) is 1. The maximum Gasteiger partial charge on any atom is 0.335 e. The summed E-state index contributed by atoms with van der Waals surface area (Å²) in [5.41, 5.74) is 0.250. The van der Waals surface area contributed by atoms with Crippen LogP contribution in [0.4, 0.5) is 0 Å². The Morgan fingerprint density at radius 2 is 2.14 bits per heavy atom. The zero-order chi connectivity index (χ0) is 14.7. The van der Waals surface area contributed by atoms with Crippen LogP contribution in [0.15, 0.2) is 29.4 Å². The van der Waals surface area contributed by atoms with Crippen LogP contribution in [0.3, 0.4) is 0 Å². The lowest BCUT2D eigenvalue weighted by Crippen LogP contribution is -2.04. The van der Waals surface area contributed by atoms with Crippen LogP contribution < -0.4 is 4.74 Å². The molecule has 0 saturated heterocycles. The van der Waals surface area contributed by atoms with E-state index in [1.54, 1.807) is 23.9 Å². The molecule has 0 spiro atoms. The van der Waals surface area contributed by atoms with Gasteiger partial charge in [0, 0.05) is 5.75 Å². The van der Waals surface area contributed by atoms with Gasteiger partial charge in [-0.15, -0.1) is 5.10 Å². The molecule has 0 unspecified atom stereocenters. The average molecular weight is 306 g/mol. The normalized spacial score (nSPS) is 14.1. The summed E-state index contributed by atoms with van der Waals surface area (Å²) in [4.78, 5) is 10.7. The van der Waals surface area contributed by atoms with Crippen LogP contribution >= 0.6 is 11.8 Å². The van der Waals surface area contributed by atoms with Gasteiger partial charge in [-0.1, -0.05) is 11.8 Å². The zero-order valence-electron chi connectivity index (χ0n) is 11.2. The molecule has 1 aromatic carbocycles. The smallest absolute Gasteiger partial charge is 0.335 e. The second-order valence-electron chi connectivity index (χ2n) is 4.66. The second-order valence-corrected chi connectivity index (χ2v) is 5.73. The van der Waals surface area contributed by atoms with Crippen molar-refractivity contribution in [1.82, 2.24) is 20.2 Å². The zero-order valence-corrected chi connectivity index (χ0v) is 12.0. The van der Waals surface area contributed by atoms with Gasteiger partial charge in [-0.2, -0.15) is 0 Å². The Kier molecular flexibility index (Phi) is 4.05. The molecule has 21 heavy (non-hydrogen) atoms. The van der Waals surface area contributed by atoms with E-state index in [4.69, 9.17) is 9.84 Å². The van der Waals surface area contributed by atoms with Crippen molar-refractivity contribution >= 4 is 17.7 Å². The fourth-order valence-corrected chi connectivity index (χ4v) is 2.58. The van der Waals surface area contributed by atoms with E-state index >= 15 is 0 Å². The fraction of sp³-hybridized carbons (Fsp3) is 0.385. The third kappa shape index (κ3) is 3.52. The summed E-state index contributed by atoms with van der Waals surface area (Å²) in [5, 5.41) is 21.3. The summed E-state index contributed by atoms with van der Waals surface area (Å²) in [6, 6.07) is 6.83. The van der Waals surface area contributed by atoms with E-state index in [2.05, 4.69) is 15.5 Å². The number of ether oxygens (including phenoxy) is 1. The number of carbonyl (C=O) groups is 1. The minimum Gasteiger partial charge on any atom is -0.493 e. The molecule has 2 aromatic rings. The van der Waals surface area contributed by atoms with E-state index in [1.165, 1.54) is 12.1 Å². The number of nitrogens with zero attached hydrogens (tertiary/aromatic N) is 4. The molecule has 0 radical (unpaired) electrons. The molecule has 0 amide bonds. The van der Waals surface area contributed by atoms with Crippen molar-refractivity contribution in [2.45, 2.75) is 24.0 Å². The number of carboxylic acids is 1. The lowest BCUT2D eigenvalue weighted by atomic mass is 10.2. The third-order valence-electron chi connectivity index (χ3n) is 3.04. The van der Waals surface area contributed by atoms with Crippen molar-refractivity contribution in [2.24, 2.45) is 0 Å². The van der Waals surface area contributed by atoms with E-state index in [1.807, 2.05) is 4.68 Å². The molecular formula is C13H14N4O3S. The van der Waals surface area contributed by atoms with Crippen LogP contribution in [0.2, 0.25) is 0 Å². The first-order valence-electron chi connectivity index (χ1n) is 6.61. The Morgan fingerprint density at radius 3 is 2.81 bits per heavy atom. The summed E-state index contributed by atoms with van der Waals surface area (Å²) >= 11 is 1.56. The van der Waals surface area contributed by atoms with Crippen LogP contribution in [0, 0.1) is 0 Å². The Morgan fingerprint density at radius 1 is 1.38 bits per heavy atom. The summed E-state index contributed by atoms with van der Waals surface area (Å²) in [6.45, 7) is 0.509. The van der Waals surface area contributed by atoms with Crippen molar-refractivity contribution in [3.05, 3.63) is 29.8 Å². The average Bonchev–Trinajstić information content (AvgIpc) is 3.23. The third-order valence-corrected chi connectivity index (χ3v) is 3.94. The first kappa shape index (κ1) is 13.9. The molecule has 1 N–H and O–H groups in total. The maximum atomic E-state index is 10.7. The van der Waals surface area contributed by atoms with Gasteiger partial charge in [0.05, 0.1) is 18.2 Å². The molecule has 0 bridgehead atoms. The van der Waals surface area contributed by atoms with E-state index in [0.29, 0.717) is 18.4 Å². The van der Waals surface area contributed by atoms with Gasteiger partial charge in [-0.3, -0.25) is 0 Å². The lowest BCUT2D eigenvalue weighted by Gasteiger charge is -2.06. The number of hydrogen-bond acceptors (Lipinski definition) is 6. The van der Waals surface area contributed by atoms with Gasteiger partial charge >= 0.3 is 5.97 Å². The van der Waals surface area contributed by atoms with Crippen LogP contribution in [-0.2, 0) is 0 Å². The highest BCUT2D eigenvalue weighted by Gasteiger charge is 2.27. The molecule has 0 aliphatic heterocycles. The Bertz CT molecular complexity index is 625. The molecule has 1 aliphatic rings. The van der Waals surface area contributed by atoms with Crippen molar-refractivity contribution < 1.29 is 14.6 Å². The van der Waals surface area contributed by atoms with E-state index in [0.717, 1.165) is 23.8 Å². The first-order valence-corrected chi connectivity index (χ1v) is 7.59. The van der Waals surface area contributed by atoms with Gasteiger partial charge in [0.25, 0.3) is 0 Å². The first-order chi connectivity index (χ1) is 10.2. The van der Waals surface area contributed by atoms with E-state index in [9.17, 15) is 4.79 Å². The van der Waals surface area contributed by atoms with Crippen molar-refractivity contribution in [3.63, 3.8) is 0 Å². The summed E-state index contributed by atoms with van der Waals surface area (Å²) in [5.74, 6) is 0.444. The molecule has 0 atom stereocenters. The molecule has 7 nitrogen and oxygen atoms in total. The molecule has 1 aromatic heterocycles. The SMILES string of the molecule is O=C(O)c1ccc(OCCSc2nnnn2C2CC2)cc1. The summed E-state index contributed by atoms with van der Waals surface area (Å²) in [6.07, 6.45) is 2.29. The monoisotopic (exact) mass is 306 g/mol. The number of aromatic carboxylic acids is 1. The van der Waals surface area contributed by atoms with Crippen LogP contribution in [0.5, 0.6) is 5.75 Å². The Hall–Kier alpha value is -2.09. The van der Waals surface area contributed by atoms with Crippen LogP contribution in [0.1, 0.15) is 29.2 Å². The number of thioether (sulfide) groups is 1. The molecule has 1 heterocycles. The topological polar surface area (TPSA) is 90.1 Å². The molecular weight excluding hydrogens is 292 g/mol. The second kappa shape index (κ2) is 6.13. The highest BCUT2D eigenvalue weighted by Crippen LogP contribution is 2.36. The lowest BCUT2D eigenvalue weighted by molar-refractivity contribution is 0.0697. The maximum absolute atomic E-state index is 10.7. The Balaban J connectivity index is 1.45. The quantitative estimate of drug-likeness (QED) is 0.617. The van der Waals surface area contributed by atoms with Crippen LogP contribution in [-0.4, -0.2) is 43.6 Å². The number of aromatic nitrogens is 4. The van der Waals surface area contributed by atoms with Gasteiger partial charge in [-0.25, -0.2) is 9.48 Å². The minimum atomic E-state index is -0.941. The van der Waals surface area contributed by atoms with Gasteiger partial charge in [0.15, 0.2) is 0 Å². The van der Waals surface area contributed by atoms with Crippen molar-refractivity contribution in [3.8, 4) is 5.75 Å². The van der Waals surface area contributed by atoms with E-state index in [-0.39, 0.29) is 5.56 Å². The molecule has 8 heteroatoms. The Labute approximate surface area is 125 Å². The van der Waals surface area contributed by atoms with Gasteiger partial charge in [0.1, 0.15) is 5.75 Å². The minimum absolute atomic E-state index is 0.250. The molecule has 110 valence electrons. The van der Waals surface area contributed by atoms with Gasteiger partial charge in [0.2, 0.25) is 5.16 Å². The van der Waals surface area contributed by atoms with Gasteiger partial charge in [-0.05, 0) is 47.5 Å². The van der Waals surface area contributed by atoms with Crippen LogP contribution in [0.25, 0.3) is 0 Å². The van der Waals surface area contributed by atoms with Crippen molar-refractivity contribution in [2.75, 3.05) is 12.4 Å². The summed E-state index contributed by atoms with van der Waals surface area (Å²) < 4.78 is 7.43. The predicted molar refractivity (Wildman–Crippen MR) is 75.7 cm³/mol. The largest absolute Gasteiger partial charge is 0.493 e. The standard InChI is InChI=1S/C13H14N4O3S/c18-12(19)9-1-5-11(6-2-9)20-7-8-21-13-14-15-16-17(13)10-3-4-10/h1-2,5-6,10H,3-4,7-8H2,(H,18,19). The fourth-order valence-electron chi connectivity index (χ4n) is 1.81. The number of tetrazole rings is 1. The van der Waals surface area contributed by atoms with Crippen molar-refractivity contribution in [1.29, 1.82) is 0 Å². The molecule has 3 rings (SSSR count). The summed E-state index contributed by atoms with van der Waals surface area (Å²) in [7, 11) is 0. The molecule has 1 saturated carbocycles. The highest BCUT2D eigenvalue weighted by atomic mass is 32.2. The molecule has 1 fully saturated rings. The number of benzene rings is 1. The number of hydrogen-bond donors (Lipinski definition) is 1. The molecule has 1 aliphatic carbocycles. The predicted octanol–water partition coefficient (Wildman–Crippen LogP) is 1.88. The van der Waals surface area contributed by atoms with E-state index < -0.39 is 5.97 Å². The number of rotatable bonds is 7. The van der Waals surface area contributed by atoms with Gasteiger partial charge < -0.3 is 9.84 Å².